The van der Waals surface area contributed by atoms with Gasteiger partial charge in [0.05, 0.1) is 0 Å². The van der Waals surface area contributed by atoms with E-state index in [2.05, 4.69) is 40.7 Å². The van der Waals surface area contributed by atoms with E-state index in [-0.39, 0.29) is 0 Å². The Balaban J connectivity index is 2.24. The third-order valence-electron chi connectivity index (χ3n) is 3.36. The summed E-state index contributed by atoms with van der Waals surface area (Å²) in [5, 5.41) is 4.71. The van der Waals surface area contributed by atoms with Crippen LogP contribution in [-0.2, 0) is 0 Å². The molecule has 3 nitrogen and oxygen atoms in total. The fraction of sp³-hybridized carbons (Fsp3) is 0.615. The van der Waals surface area contributed by atoms with Gasteiger partial charge in [-0.05, 0) is 19.5 Å². The van der Waals surface area contributed by atoms with E-state index in [1.54, 1.807) is 6.20 Å². The molecule has 0 aromatic carbocycles. The van der Waals surface area contributed by atoms with Crippen molar-refractivity contribution < 1.29 is 0 Å². The maximum Gasteiger partial charge on any atom is 0.0484 e. The minimum atomic E-state index is 0.293. The second-order valence-corrected chi connectivity index (χ2v) is 7.06. The normalized spacial score (nSPS) is 25.9. The van der Waals surface area contributed by atoms with Crippen molar-refractivity contribution in [3.63, 3.8) is 0 Å². The topological polar surface area (TPSA) is 50.9 Å². The van der Waals surface area contributed by atoms with Crippen molar-refractivity contribution in [3.05, 3.63) is 24.0 Å². The van der Waals surface area contributed by atoms with Crippen molar-refractivity contribution in [3.8, 4) is 0 Å². The predicted molar refractivity (Wildman–Crippen MR) is 83.2 cm³/mol. The number of hydrogen-bond donors (Lipinski definition) is 2. The molecule has 1 fully saturated rings. The van der Waals surface area contributed by atoms with Gasteiger partial charge in [0, 0.05) is 51.7 Å². The Morgan fingerprint density at radius 2 is 2.28 bits per heavy atom. The van der Waals surface area contributed by atoms with E-state index in [9.17, 15) is 0 Å². The van der Waals surface area contributed by atoms with E-state index in [4.69, 9.17) is 5.73 Å². The minimum absolute atomic E-state index is 0.293. The average molecular weight is 283 g/mol. The summed E-state index contributed by atoms with van der Waals surface area (Å²) in [6.07, 6.45) is 4.87. The Kier molecular flexibility index (Phi) is 5.21. The summed E-state index contributed by atoms with van der Waals surface area (Å²) < 4.78 is 0. The number of nitrogens with zero attached hydrogens (tertiary/aromatic N) is 1. The van der Waals surface area contributed by atoms with E-state index in [1.165, 1.54) is 17.9 Å². The van der Waals surface area contributed by atoms with Gasteiger partial charge in [0.25, 0.3) is 0 Å². The number of rotatable bonds is 4. The predicted octanol–water partition coefficient (Wildman–Crippen LogP) is 2.55. The molecule has 2 rings (SSSR count). The lowest BCUT2D eigenvalue weighted by Gasteiger charge is -2.36. The van der Waals surface area contributed by atoms with E-state index >= 15 is 0 Å². The lowest BCUT2D eigenvalue weighted by atomic mass is 10.0. The molecule has 0 bridgehead atoms. The second-order valence-electron chi connectivity index (χ2n) is 4.42. The Bertz CT molecular complexity index is 386. The third kappa shape index (κ3) is 2.95. The Hall–Kier alpha value is -0.390. The number of hydrogen-bond acceptors (Lipinski definition) is 5. The maximum absolute atomic E-state index is 6.09. The number of aromatic nitrogens is 1. The van der Waals surface area contributed by atoms with Gasteiger partial charge >= 0.3 is 0 Å². The molecular formula is C13H21N3S2. The van der Waals surface area contributed by atoms with Crippen LogP contribution in [0.1, 0.15) is 24.9 Å². The average Bonchev–Trinajstić information content (AvgIpc) is 2.42. The Morgan fingerprint density at radius 3 is 2.94 bits per heavy atom. The molecule has 1 aliphatic rings. The van der Waals surface area contributed by atoms with Crippen LogP contribution in [-0.4, -0.2) is 34.0 Å². The first-order valence-electron chi connectivity index (χ1n) is 6.37. The quantitative estimate of drug-likeness (QED) is 0.889. The molecule has 0 saturated carbocycles. The van der Waals surface area contributed by atoms with Crippen molar-refractivity contribution in [2.24, 2.45) is 0 Å². The highest BCUT2D eigenvalue weighted by atomic mass is 32.2. The van der Waals surface area contributed by atoms with E-state index < -0.39 is 0 Å². The van der Waals surface area contributed by atoms with Crippen molar-refractivity contribution in [1.29, 1.82) is 0 Å². The number of thioether (sulfide) groups is 2. The van der Waals surface area contributed by atoms with Crippen LogP contribution < -0.4 is 11.1 Å². The van der Waals surface area contributed by atoms with Gasteiger partial charge in [-0.15, -0.1) is 0 Å². The lowest BCUT2D eigenvalue weighted by Crippen LogP contribution is -2.37. The molecule has 0 spiro atoms. The fourth-order valence-electron chi connectivity index (χ4n) is 2.42. The smallest absolute Gasteiger partial charge is 0.0484 e. The third-order valence-corrected chi connectivity index (χ3v) is 6.71. The van der Waals surface area contributed by atoms with Gasteiger partial charge < -0.3 is 11.1 Å². The van der Waals surface area contributed by atoms with Crippen LogP contribution in [0.5, 0.6) is 0 Å². The van der Waals surface area contributed by atoms with Gasteiger partial charge in [0.15, 0.2) is 0 Å². The van der Waals surface area contributed by atoms with E-state index in [0.717, 1.165) is 11.3 Å². The number of nitrogens with two attached hydrogens (primary N) is 1. The summed E-state index contributed by atoms with van der Waals surface area (Å²) in [6, 6.07) is 2.18. The van der Waals surface area contributed by atoms with Crippen LogP contribution >= 0.6 is 23.5 Å². The summed E-state index contributed by atoms with van der Waals surface area (Å²) in [7, 11) is 2.02. The van der Waals surface area contributed by atoms with Crippen LogP contribution in [0, 0.1) is 0 Å². The lowest BCUT2D eigenvalue weighted by molar-refractivity contribution is 0.543. The second kappa shape index (κ2) is 6.68. The molecule has 0 radical (unpaired) electrons. The maximum atomic E-state index is 6.09. The van der Waals surface area contributed by atoms with Gasteiger partial charge in [-0.1, -0.05) is 6.92 Å². The molecule has 3 atom stereocenters. The number of nitrogen functional groups attached to an aromatic ring is 1. The van der Waals surface area contributed by atoms with Crippen LogP contribution in [0.25, 0.3) is 0 Å². The SMILES string of the molecule is CCC1SCCSC1C(NC)c1cnccc1N. The zero-order chi connectivity index (χ0) is 13.0. The summed E-state index contributed by atoms with van der Waals surface area (Å²) in [4.78, 5) is 4.22. The van der Waals surface area contributed by atoms with E-state index in [0.29, 0.717) is 16.5 Å². The summed E-state index contributed by atoms with van der Waals surface area (Å²) in [5.41, 5.74) is 8.07. The van der Waals surface area contributed by atoms with Crippen LogP contribution in [0.2, 0.25) is 0 Å². The first-order chi connectivity index (χ1) is 8.77. The molecule has 2 heterocycles. The van der Waals surface area contributed by atoms with E-state index in [1.807, 2.05) is 19.3 Å². The molecule has 100 valence electrons. The molecular weight excluding hydrogens is 262 g/mol. The van der Waals surface area contributed by atoms with Gasteiger partial charge in [-0.2, -0.15) is 23.5 Å². The number of anilines is 1. The van der Waals surface area contributed by atoms with Crippen molar-refractivity contribution in [2.75, 3.05) is 24.3 Å². The summed E-state index contributed by atoms with van der Waals surface area (Å²) in [5.74, 6) is 2.49. The van der Waals surface area contributed by atoms with Gasteiger partial charge in [-0.25, -0.2) is 0 Å². The highest BCUT2D eigenvalue weighted by molar-refractivity contribution is 8.07. The Morgan fingerprint density at radius 1 is 1.50 bits per heavy atom. The largest absolute Gasteiger partial charge is 0.398 e. The summed E-state index contributed by atoms with van der Waals surface area (Å²) >= 11 is 4.16. The number of pyridine rings is 1. The first kappa shape index (κ1) is 14.0. The molecule has 1 aromatic heterocycles. The highest BCUT2D eigenvalue weighted by Crippen LogP contribution is 2.40. The van der Waals surface area contributed by atoms with Crippen molar-refractivity contribution in [2.45, 2.75) is 29.9 Å². The minimum Gasteiger partial charge on any atom is -0.398 e. The van der Waals surface area contributed by atoms with Gasteiger partial charge in [0.1, 0.15) is 0 Å². The fourth-order valence-corrected chi connectivity index (χ4v) is 5.70. The monoisotopic (exact) mass is 283 g/mol. The highest BCUT2D eigenvalue weighted by Gasteiger charge is 2.33. The zero-order valence-electron chi connectivity index (χ0n) is 10.9. The molecule has 1 aromatic rings. The molecule has 5 heteroatoms. The molecule has 0 aliphatic carbocycles. The van der Waals surface area contributed by atoms with Crippen LogP contribution in [0.3, 0.4) is 0 Å². The van der Waals surface area contributed by atoms with Gasteiger partial charge in [0.2, 0.25) is 0 Å². The summed E-state index contributed by atoms with van der Waals surface area (Å²) in [6.45, 7) is 2.27. The molecule has 1 aliphatic heterocycles. The zero-order valence-corrected chi connectivity index (χ0v) is 12.6. The first-order valence-corrected chi connectivity index (χ1v) is 8.47. The van der Waals surface area contributed by atoms with Crippen molar-refractivity contribution >= 4 is 29.2 Å². The molecule has 1 saturated heterocycles. The van der Waals surface area contributed by atoms with Crippen molar-refractivity contribution in [1.82, 2.24) is 10.3 Å². The molecule has 18 heavy (non-hydrogen) atoms. The molecule has 0 amide bonds. The molecule has 3 unspecified atom stereocenters. The van der Waals surface area contributed by atoms with Gasteiger partial charge in [-0.3, -0.25) is 4.98 Å². The standard InChI is InChI=1S/C13H21N3S2/c1-3-11-13(18-7-6-17-11)12(15-2)9-8-16-5-4-10(9)14/h4-5,8,11-13,15H,3,6-7H2,1-2H3,(H2,14,16). The molecule has 3 N–H and O–H groups in total. The van der Waals surface area contributed by atoms with Crippen LogP contribution in [0.15, 0.2) is 18.5 Å². The number of nitrogens with one attached hydrogen (secondary N) is 1. The Labute approximate surface area is 118 Å². The van der Waals surface area contributed by atoms with Crippen LogP contribution in [0.4, 0.5) is 5.69 Å².